The summed E-state index contributed by atoms with van der Waals surface area (Å²) in [6.45, 7) is 9.87. The first-order valence-electron chi connectivity index (χ1n) is 11.4. The molecule has 35 heavy (non-hydrogen) atoms. The quantitative estimate of drug-likeness (QED) is 0.244. The average Bonchev–Trinajstić information content (AvgIpc) is 2.82. The molecule has 2 unspecified atom stereocenters. The van der Waals surface area contributed by atoms with Gasteiger partial charge in [-0.15, -0.1) is 0 Å². The molecule has 1 N–H and O–H groups in total. The Bertz CT molecular complexity index is 1130. The van der Waals surface area contributed by atoms with E-state index in [2.05, 4.69) is 20.4 Å². The lowest BCUT2D eigenvalue weighted by molar-refractivity contribution is -0.387. The highest BCUT2D eigenvalue weighted by Gasteiger charge is 2.32. The molecular weight excluding hydrogens is 468 g/mol. The topological polar surface area (TPSA) is 110 Å². The summed E-state index contributed by atoms with van der Waals surface area (Å²) in [6.07, 6.45) is -0.339. The van der Waals surface area contributed by atoms with Gasteiger partial charge in [-0.3, -0.25) is 19.7 Å². The minimum Gasteiger partial charge on any atom is -0.465 e. The van der Waals surface area contributed by atoms with E-state index in [4.69, 9.17) is 4.74 Å². The first-order valence-corrected chi connectivity index (χ1v) is 12.2. The molecule has 1 saturated heterocycles. The van der Waals surface area contributed by atoms with E-state index in [1.807, 2.05) is 24.3 Å². The van der Waals surface area contributed by atoms with E-state index >= 15 is 0 Å². The molecule has 1 amide bonds. The third kappa shape index (κ3) is 6.49. The Kier molecular flexibility index (Phi) is 8.69. The smallest absolute Gasteiger partial charge is 0.302 e. The molecule has 0 bridgehead atoms. The van der Waals surface area contributed by atoms with Crippen molar-refractivity contribution >= 4 is 34.9 Å². The van der Waals surface area contributed by atoms with Gasteiger partial charge in [-0.25, -0.2) is 0 Å². The summed E-state index contributed by atoms with van der Waals surface area (Å²) in [5.74, 6) is -0.961. The van der Waals surface area contributed by atoms with Crippen LogP contribution in [0.25, 0.3) is 5.57 Å². The molecule has 1 fully saturated rings. The standard InChI is InChI=1S/C26H30N2O6S/c1-16(2)21-7-5-6-8-24(21)35-25-10-9-19(13-22(25)28(32)33)17(3)26(31)27-12-11-23(30)20(14-27)15-34-18(4)29/h5-10,13,16,20,23,30H,3,11-12,14-15H2,1-2,4H3. The number of nitro benzene ring substituents is 1. The maximum atomic E-state index is 13.1. The Balaban J connectivity index is 1.80. The summed E-state index contributed by atoms with van der Waals surface area (Å²) in [6, 6.07) is 12.5. The van der Waals surface area contributed by atoms with Gasteiger partial charge in [-0.1, -0.05) is 56.5 Å². The van der Waals surface area contributed by atoms with E-state index in [1.54, 1.807) is 12.1 Å². The number of nitro groups is 1. The molecule has 186 valence electrons. The van der Waals surface area contributed by atoms with Crippen LogP contribution in [0.3, 0.4) is 0 Å². The normalized spacial score (nSPS) is 17.8. The number of carbonyl (C=O) groups is 2. The van der Waals surface area contributed by atoms with Crippen LogP contribution in [0.15, 0.2) is 58.8 Å². The van der Waals surface area contributed by atoms with Crippen molar-refractivity contribution in [3.05, 3.63) is 70.3 Å². The van der Waals surface area contributed by atoms with Gasteiger partial charge in [0, 0.05) is 42.5 Å². The van der Waals surface area contributed by atoms with Gasteiger partial charge in [0.2, 0.25) is 0 Å². The fourth-order valence-electron chi connectivity index (χ4n) is 4.01. The number of likely N-dealkylation sites (tertiary alicyclic amines) is 1. The number of aliphatic hydroxyl groups is 1. The summed E-state index contributed by atoms with van der Waals surface area (Å²) in [5.41, 5.74) is 1.51. The lowest BCUT2D eigenvalue weighted by Gasteiger charge is -2.36. The molecule has 0 radical (unpaired) electrons. The minimum absolute atomic E-state index is 0.0159. The molecule has 0 saturated carbocycles. The first kappa shape index (κ1) is 26.4. The summed E-state index contributed by atoms with van der Waals surface area (Å²) in [4.78, 5) is 38.6. The summed E-state index contributed by atoms with van der Waals surface area (Å²) < 4.78 is 5.02. The van der Waals surface area contributed by atoms with Crippen LogP contribution in [0, 0.1) is 16.0 Å². The molecule has 1 aliphatic heterocycles. The number of aliphatic hydroxyl groups excluding tert-OH is 1. The van der Waals surface area contributed by atoms with Crippen LogP contribution in [0.4, 0.5) is 5.69 Å². The van der Waals surface area contributed by atoms with E-state index in [1.165, 1.54) is 29.7 Å². The molecule has 0 aliphatic carbocycles. The van der Waals surface area contributed by atoms with Crippen LogP contribution in [0.5, 0.6) is 0 Å². The van der Waals surface area contributed by atoms with Crippen molar-refractivity contribution in [2.75, 3.05) is 19.7 Å². The number of hydrogen-bond donors (Lipinski definition) is 1. The lowest BCUT2D eigenvalue weighted by atomic mass is 9.94. The zero-order valence-electron chi connectivity index (χ0n) is 20.1. The number of esters is 1. The third-order valence-corrected chi connectivity index (χ3v) is 7.16. The zero-order valence-corrected chi connectivity index (χ0v) is 20.9. The minimum atomic E-state index is -0.683. The van der Waals surface area contributed by atoms with Crippen molar-refractivity contribution in [2.24, 2.45) is 5.92 Å². The van der Waals surface area contributed by atoms with Crippen molar-refractivity contribution in [3.63, 3.8) is 0 Å². The molecule has 9 heteroatoms. The van der Waals surface area contributed by atoms with Gasteiger partial charge >= 0.3 is 5.97 Å². The van der Waals surface area contributed by atoms with Gasteiger partial charge in [0.1, 0.15) is 0 Å². The van der Waals surface area contributed by atoms with Gasteiger partial charge in [-0.2, -0.15) is 0 Å². The maximum absolute atomic E-state index is 13.1. The highest BCUT2D eigenvalue weighted by molar-refractivity contribution is 7.99. The van der Waals surface area contributed by atoms with Crippen molar-refractivity contribution < 1.29 is 24.4 Å². The number of ether oxygens (including phenoxy) is 1. The summed E-state index contributed by atoms with van der Waals surface area (Å²) in [7, 11) is 0. The number of hydrogen-bond acceptors (Lipinski definition) is 7. The fourth-order valence-corrected chi connectivity index (χ4v) is 5.19. The van der Waals surface area contributed by atoms with Gasteiger partial charge in [0.25, 0.3) is 11.6 Å². The molecule has 0 spiro atoms. The van der Waals surface area contributed by atoms with E-state index in [9.17, 15) is 24.8 Å². The third-order valence-electron chi connectivity index (χ3n) is 6.00. The number of rotatable bonds is 8. The van der Waals surface area contributed by atoms with E-state index in [-0.39, 0.29) is 36.2 Å². The molecule has 1 heterocycles. The van der Waals surface area contributed by atoms with Crippen LogP contribution in [-0.2, 0) is 14.3 Å². The van der Waals surface area contributed by atoms with E-state index in [0.29, 0.717) is 23.4 Å². The number of carbonyl (C=O) groups excluding carboxylic acids is 2. The molecule has 8 nitrogen and oxygen atoms in total. The molecule has 1 aliphatic rings. The number of amides is 1. The second-order valence-electron chi connectivity index (χ2n) is 8.88. The molecule has 2 aromatic rings. The van der Waals surface area contributed by atoms with Crippen molar-refractivity contribution in [1.29, 1.82) is 0 Å². The van der Waals surface area contributed by atoms with E-state index in [0.717, 1.165) is 10.5 Å². The molecule has 3 rings (SSSR count). The Labute approximate surface area is 209 Å². The maximum Gasteiger partial charge on any atom is 0.302 e. The largest absolute Gasteiger partial charge is 0.465 e. The van der Waals surface area contributed by atoms with Crippen LogP contribution < -0.4 is 0 Å². The van der Waals surface area contributed by atoms with E-state index < -0.39 is 22.9 Å². The Morgan fingerprint density at radius 3 is 2.63 bits per heavy atom. The molecule has 0 aromatic heterocycles. The predicted molar refractivity (Wildman–Crippen MR) is 134 cm³/mol. The molecule has 2 atom stereocenters. The van der Waals surface area contributed by atoms with Crippen LogP contribution >= 0.6 is 11.8 Å². The highest BCUT2D eigenvalue weighted by Crippen LogP contribution is 2.39. The van der Waals surface area contributed by atoms with Gasteiger partial charge < -0.3 is 14.7 Å². The monoisotopic (exact) mass is 498 g/mol. The molecule has 2 aromatic carbocycles. The van der Waals surface area contributed by atoms with Crippen LogP contribution in [0.2, 0.25) is 0 Å². The van der Waals surface area contributed by atoms with Gasteiger partial charge in [0.05, 0.1) is 22.5 Å². The average molecular weight is 499 g/mol. The summed E-state index contributed by atoms with van der Waals surface area (Å²) in [5, 5.41) is 22.1. The fraction of sp³-hybridized carbons (Fsp3) is 0.385. The van der Waals surface area contributed by atoms with Crippen molar-refractivity contribution in [3.8, 4) is 0 Å². The lowest BCUT2D eigenvalue weighted by Crippen LogP contribution is -2.47. The highest BCUT2D eigenvalue weighted by atomic mass is 32.2. The van der Waals surface area contributed by atoms with Crippen molar-refractivity contribution in [1.82, 2.24) is 4.90 Å². The van der Waals surface area contributed by atoms with Crippen LogP contribution in [-0.4, -0.2) is 52.6 Å². The number of benzene rings is 2. The number of piperidine rings is 1. The van der Waals surface area contributed by atoms with Gasteiger partial charge in [-0.05, 0) is 35.6 Å². The number of nitrogens with zero attached hydrogens (tertiary/aromatic N) is 2. The Hall–Kier alpha value is -3.17. The zero-order chi connectivity index (χ0) is 25.7. The SMILES string of the molecule is C=C(C(=O)N1CCC(O)C(COC(C)=O)C1)c1ccc(Sc2ccccc2C(C)C)c([N+](=O)[O-])c1. The van der Waals surface area contributed by atoms with Gasteiger partial charge in [0.15, 0.2) is 0 Å². The second kappa shape index (κ2) is 11.5. The van der Waals surface area contributed by atoms with Crippen LogP contribution in [0.1, 0.15) is 44.2 Å². The summed E-state index contributed by atoms with van der Waals surface area (Å²) >= 11 is 1.33. The Morgan fingerprint density at radius 1 is 1.26 bits per heavy atom. The molecular formula is C26H30N2O6S. The van der Waals surface area contributed by atoms with Crippen molar-refractivity contribution in [2.45, 2.75) is 49.0 Å². The Morgan fingerprint density at radius 2 is 1.97 bits per heavy atom. The second-order valence-corrected chi connectivity index (χ2v) is 9.97. The predicted octanol–water partition coefficient (Wildman–Crippen LogP) is 4.66. The first-order chi connectivity index (χ1) is 16.6.